The van der Waals surface area contributed by atoms with Crippen LogP contribution < -0.4 is 0 Å². The zero-order valence-electron chi connectivity index (χ0n) is 9.09. The second-order valence-electron chi connectivity index (χ2n) is 0.891. The monoisotopic (exact) mass is 506 g/mol. The Hall–Kier alpha value is 2.85. The molecule has 14 nitrogen and oxygen atoms in total. The molecule has 1 unspecified atom stereocenters. The second kappa shape index (κ2) is 37.8. The SMILES string of the molecule is O.O.O.O.O.O=S([O-])OOS(=O)(=O)OOO.[Fe].[Fe].[Fe].[K]. The summed E-state index contributed by atoms with van der Waals surface area (Å²) in [5.41, 5.74) is 0. The molecule has 0 amide bonds. The van der Waals surface area contributed by atoms with E-state index in [0.717, 1.165) is 0 Å². The molecule has 0 saturated heterocycles. The number of hydrogen-bond donors (Lipinski definition) is 1. The average Bonchev–Trinajstić information content (AvgIpc) is 1.84. The Morgan fingerprint density at radius 3 is 1.40 bits per heavy atom. The fourth-order valence-corrected chi connectivity index (χ4v) is 0.656. The largest absolute Gasteiger partial charge is 0.747 e. The fraction of sp³-hybridized carbons (Fsp3) is 0. The smallest absolute Gasteiger partial charge is 0.456 e. The maximum atomic E-state index is 10.0. The number of rotatable bonds is 5. The van der Waals surface area contributed by atoms with Crippen molar-refractivity contribution in [1.29, 1.82) is 0 Å². The predicted molar refractivity (Wildman–Crippen MR) is 48.6 cm³/mol. The molecule has 11 N–H and O–H groups in total. The van der Waals surface area contributed by atoms with Gasteiger partial charge in [-0.1, -0.05) is 13.7 Å². The Labute approximate surface area is 189 Å². The van der Waals surface area contributed by atoms with Gasteiger partial charge in [0, 0.05) is 103 Å². The van der Waals surface area contributed by atoms with E-state index in [1.54, 1.807) is 0 Å². The molecule has 1 radical (unpaired) electrons. The van der Waals surface area contributed by atoms with E-state index < -0.39 is 21.8 Å². The Kier molecular flexibility index (Phi) is 125. The minimum Gasteiger partial charge on any atom is -0.747 e. The summed E-state index contributed by atoms with van der Waals surface area (Å²) in [6.45, 7) is 0. The summed E-state index contributed by atoms with van der Waals surface area (Å²) < 4.78 is 48.1. The molecule has 0 aliphatic rings. The standard InChI is InChI=1S/3Fe.K.H2O9S2.5H2O/c;;;;1-6-8-11(4,5)9-7-10(2)3;;;;;/h;;;;1H,(H,2,3);5*1H2/p-1. The van der Waals surface area contributed by atoms with Crippen LogP contribution in [0.15, 0.2) is 0 Å². The summed E-state index contributed by atoms with van der Waals surface area (Å²) in [5.74, 6) is 0. The van der Waals surface area contributed by atoms with Crippen LogP contribution in [-0.2, 0) is 91.0 Å². The predicted octanol–water partition coefficient (Wildman–Crippen LogP) is -6.12. The third-order valence-corrected chi connectivity index (χ3v) is 1.01. The van der Waals surface area contributed by atoms with Gasteiger partial charge in [0.25, 0.3) is 0 Å². The van der Waals surface area contributed by atoms with Crippen molar-refractivity contribution in [2.75, 3.05) is 0 Å². The Morgan fingerprint density at radius 1 is 0.900 bits per heavy atom. The first kappa shape index (κ1) is 66.1. The van der Waals surface area contributed by atoms with Crippen molar-refractivity contribution in [2.45, 2.75) is 0 Å². The molecule has 133 valence electrons. The van der Waals surface area contributed by atoms with Crippen LogP contribution in [0, 0.1) is 0 Å². The summed E-state index contributed by atoms with van der Waals surface area (Å²) in [6.07, 6.45) is 0. The molecule has 0 rings (SSSR count). The molecule has 0 aliphatic heterocycles. The van der Waals surface area contributed by atoms with Crippen molar-refractivity contribution in [3.05, 3.63) is 0 Å². The first-order chi connectivity index (χ1) is 4.98. The van der Waals surface area contributed by atoms with Gasteiger partial charge in [-0.15, -0.1) is 4.33 Å². The molecular formula is H11Fe3KO14S2-. The second-order valence-corrected chi connectivity index (χ2v) is 2.52. The summed E-state index contributed by atoms with van der Waals surface area (Å²) in [5, 5.41) is 10.0. The molecule has 0 aromatic heterocycles. The van der Waals surface area contributed by atoms with Crippen LogP contribution in [0.1, 0.15) is 0 Å². The third-order valence-electron chi connectivity index (χ3n) is 0.280. The van der Waals surface area contributed by atoms with Crippen molar-refractivity contribution in [1.82, 2.24) is 0 Å². The van der Waals surface area contributed by atoms with Crippen LogP contribution in [0.4, 0.5) is 0 Å². The normalized spacial score (nSPS) is 8.10. The fourth-order valence-electron chi connectivity index (χ4n) is 0.105. The summed E-state index contributed by atoms with van der Waals surface area (Å²) in [7, 11) is -4.81. The van der Waals surface area contributed by atoms with Gasteiger partial charge >= 0.3 is 10.4 Å². The van der Waals surface area contributed by atoms with Crippen LogP contribution in [0.2, 0.25) is 0 Å². The van der Waals surface area contributed by atoms with Gasteiger partial charge < -0.3 is 31.9 Å². The van der Waals surface area contributed by atoms with E-state index in [1.807, 2.05) is 0 Å². The summed E-state index contributed by atoms with van der Waals surface area (Å²) in [6, 6.07) is 0. The Morgan fingerprint density at radius 2 is 1.20 bits per heavy atom. The van der Waals surface area contributed by atoms with Crippen LogP contribution in [0.25, 0.3) is 0 Å². The van der Waals surface area contributed by atoms with E-state index >= 15 is 0 Å². The first-order valence-corrected chi connectivity index (χ1v) is 4.02. The first-order valence-electron chi connectivity index (χ1n) is 1.68. The zero-order chi connectivity index (χ0) is 8.91. The van der Waals surface area contributed by atoms with E-state index in [9.17, 15) is 17.2 Å². The molecule has 0 bridgehead atoms. The molecule has 0 fully saturated rings. The topological polar surface area (TPSA) is 289 Å². The van der Waals surface area contributed by atoms with Gasteiger partial charge in [-0.3, -0.25) is 0 Å². The Balaban J connectivity index is -0.0000000139. The van der Waals surface area contributed by atoms with Gasteiger partial charge in [0.05, 0.1) is 0 Å². The van der Waals surface area contributed by atoms with Gasteiger partial charge in [0.15, 0.2) is 0 Å². The minimum atomic E-state index is -4.81. The molecule has 0 aromatic carbocycles. The number of hydrogen-bond acceptors (Lipinski definition) is 9. The molecule has 0 aromatic rings. The van der Waals surface area contributed by atoms with E-state index in [-0.39, 0.29) is 130 Å². The van der Waals surface area contributed by atoms with Gasteiger partial charge in [-0.2, -0.15) is 8.42 Å². The van der Waals surface area contributed by atoms with E-state index in [2.05, 4.69) is 18.0 Å². The quantitative estimate of drug-likeness (QED) is 0.160. The third kappa shape index (κ3) is 49.8. The molecule has 0 spiro atoms. The van der Waals surface area contributed by atoms with Crippen LogP contribution >= 0.6 is 0 Å². The van der Waals surface area contributed by atoms with Gasteiger partial charge in [-0.25, -0.2) is 9.47 Å². The van der Waals surface area contributed by atoms with Crippen LogP contribution in [-0.4, -0.2) is 101 Å². The Bertz CT molecular complexity index is 229. The maximum Gasteiger partial charge on any atom is 0.456 e. The molecular weight excluding hydrogens is 495 g/mol. The summed E-state index contributed by atoms with van der Waals surface area (Å²) in [4.78, 5) is 0. The molecule has 20 heavy (non-hydrogen) atoms. The minimum absolute atomic E-state index is 0. The van der Waals surface area contributed by atoms with E-state index in [1.165, 1.54) is 0 Å². The van der Waals surface area contributed by atoms with Crippen molar-refractivity contribution in [3.63, 3.8) is 0 Å². The van der Waals surface area contributed by atoms with Crippen molar-refractivity contribution in [2.24, 2.45) is 0 Å². The average molecular weight is 506 g/mol. The van der Waals surface area contributed by atoms with Gasteiger partial charge in [0.1, 0.15) is 11.4 Å². The van der Waals surface area contributed by atoms with E-state index in [0.29, 0.717) is 0 Å². The van der Waals surface area contributed by atoms with Crippen molar-refractivity contribution >= 4 is 73.1 Å². The van der Waals surface area contributed by atoms with Crippen molar-refractivity contribution < 1.29 is 119 Å². The van der Waals surface area contributed by atoms with E-state index in [4.69, 9.17) is 5.26 Å². The molecule has 0 saturated carbocycles. The van der Waals surface area contributed by atoms with Gasteiger partial charge in [0.2, 0.25) is 0 Å². The summed E-state index contributed by atoms with van der Waals surface area (Å²) >= 11 is -3.18. The molecule has 0 heterocycles. The molecule has 20 heteroatoms. The van der Waals surface area contributed by atoms with Crippen LogP contribution in [0.3, 0.4) is 0 Å². The van der Waals surface area contributed by atoms with Crippen molar-refractivity contribution in [3.8, 4) is 0 Å². The molecule has 0 aliphatic carbocycles. The molecule has 1 atom stereocenters. The zero-order valence-corrected chi connectivity index (χ0v) is 17.2. The van der Waals surface area contributed by atoms with Crippen LogP contribution in [0.5, 0.6) is 0 Å². The maximum absolute atomic E-state index is 10.0. The van der Waals surface area contributed by atoms with Gasteiger partial charge in [-0.05, 0) is 0 Å².